The Balaban J connectivity index is 2.44. The first-order valence-corrected chi connectivity index (χ1v) is 5.02. The van der Waals surface area contributed by atoms with Gasteiger partial charge in [0.05, 0.1) is 5.69 Å². The minimum Gasteiger partial charge on any atom is -0.411 e. The monoisotopic (exact) mass is 212 g/mol. The van der Waals surface area contributed by atoms with Crippen molar-refractivity contribution in [3.8, 4) is 11.1 Å². The van der Waals surface area contributed by atoms with E-state index in [0.29, 0.717) is 11.4 Å². The minimum absolute atomic E-state index is 0.512. The lowest BCUT2D eigenvalue weighted by atomic mass is 10.1. The number of rotatable bonds is 2. The van der Waals surface area contributed by atoms with Crippen LogP contribution < -0.4 is 0 Å². The van der Waals surface area contributed by atoms with E-state index in [-0.39, 0.29) is 0 Å². The van der Waals surface area contributed by atoms with Gasteiger partial charge in [0.1, 0.15) is 5.71 Å². The number of oxime groups is 1. The van der Waals surface area contributed by atoms with Gasteiger partial charge in [0, 0.05) is 6.20 Å². The first kappa shape index (κ1) is 10.4. The van der Waals surface area contributed by atoms with Crippen molar-refractivity contribution in [2.24, 2.45) is 5.16 Å². The lowest BCUT2D eigenvalue weighted by Gasteiger charge is -2.03. The largest absolute Gasteiger partial charge is 0.411 e. The molecule has 1 heterocycles. The summed E-state index contributed by atoms with van der Waals surface area (Å²) in [5, 5.41) is 11.8. The molecule has 1 aromatic carbocycles. The summed E-state index contributed by atoms with van der Waals surface area (Å²) in [5.41, 5.74) is 3.38. The zero-order chi connectivity index (χ0) is 11.4. The average Bonchev–Trinajstić information content (AvgIpc) is 2.39. The first-order valence-electron chi connectivity index (χ1n) is 5.02. The number of hydrogen-bond donors (Lipinski definition) is 1. The van der Waals surface area contributed by atoms with E-state index in [1.807, 2.05) is 42.5 Å². The van der Waals surface area contributed by atoms with E-state index >= 15 is 0 Å². The number of pyridine rings is 1. The van der Waals surface area contributed by atoms with Crippen LogP contribution in [0.1, 0.15) is 12.6 Å². The average molecular weight is 212 g/mol. The summed E-state index contributed by atoms with van der Waals surface area (Å²) >= 11 is 0. The molecule has 0 atom stereocenters. The smallest absolute Gasteiger partial charge is 0.102 e. The predicted molar refractivity (Wildman–Crippen MR) is 63.7 cm³/mol. The van der Waals surface area contributed by atoms with E-state index in [0.717, 1.165) is 11.1 Å². The molecule has 0 saturated carbocycles. The van der Waals surface area contributed by atoms with Gasteiger partial charge in [-0.1, -0.05) is 35.5 Å². The maximum absolute atomic E-state index is 8.70. The summed E-state index contributed by atoms with van der Waals surface area (Å²) < 4.78 is 0. The van der Waals surface area contributed by atoms with Crippen molar-refractivity contribution in [2.75, 3.05) is 0 Å². The Hall–Kier alpha value is -2.16. The molecule has 2 rings (SSSR count). The van der Waals surface area contributed by atoms with Crippen molar-refractivity contribution in [1.29, 1.82) is 0 Å². The highest BCUT2D eigenvalue weighted by atomic mass is 16.4. The van der Waals surface area contributed by atoms with Crippen LogP contribution in [0.25, 0.3) is 11.1 Å². The van der Waals surface area contributed by atoms with Crippen molar-refractivity contribution in [3.63, 3.8) is 0 Å². The molecule has 0 amide bonds. The number of nitrogens with zero attached hydrogens (tertiary/aromatic N) is 2. The van der Waals surface area contributed by atoms with Gasteiger partial charge in [-0.3, -0.25) is 4.98 Å². The Morgan fingerprint density at radius 2 is 1.88 bits per heavy atom. The van der Waals surface area contributed by atoms with Crippen molar-refractivity contribution in [1.82, 2.24) is 4.98 Å². The van der Waals surface area contributed by atoms with Crippen LogP contribution in [0.2, 0.25) is 0 Å². The van der Waals surface area contributed by atoms with E-state index in [4.69, 9.17) is 5.21 Å². The van der Waals surface area contributed by atoms with Gasteiger partial charge < -0.3 is 5.21 Å². The Kier molecular flexibility index (Phi) is 2.96. The van der Waals surface area contributed by atoms with E-state index in [1.54, 1.807) is 13.1 Å². The molecule has 1 N–H and O–H groups in total. The summed E-state index contributed by atoms with van der Waals surface area (Å²) in [7, 11) is 0. The number of benzene rings is 1. The Labute approximate surface area is 94.1 Å². The van der Waals surface area contributed by atoms with Crippen LogP contribution >= 0.6 is 0 Å². The van der Waals surface area contributed by atoms with Crippen LogP contribution in [-0.4, -0.2) is 15.9 Å². The lowest BCUT2D eigenvalue weighted by Crippen LogP contribution is -1.98. The number of hydrogen-bond acceptors (Lipinski definition) is 3. The zero-order valence-electron chi connectivity index (χ0n) is 8.96. The van der Waals surface area contributed by atoms with Gasteiger partial charge in [-0.2, -0.15) is 0 Å². The second kappa shape index (κ2) is 4.57. The predicted octanol–water partition coefficient (Wildman–Crippen LogP) is 2.95. The second-order valence-corrected chi connectivity index (χ2v) is 3.48. The van der Waals surface area contributed by atoms with Gasteiger partial charge in [-0.15, -0.1) is 0 Å². The van der Waals surface area contributed by atoms with E-state index in [1.165, 1.54) is 0 Å². The Bertz CT molecular complexity index is 506. The topological polar surface area (TPSA) is 45.5 Å². The molecule has 0 bridgehead atoms. The quantitative estimate of drug-likeness (QED) is 0.472. The van der Waals surface area contributed by atoms with Gasteiger partial charge in [0.15, 0.2) is 0 Å². The molecular weight excluding hydrogens is 200 g/mol. The van der Waals surface area contributed by atoms with E-state index in [2.05, 4.69) is 10.1 Å². The first-order chi connectivity index (χ1) is 7.81. The van der Waals surface area contributed by atoms with Crippen LogP contribution in [0.5, 0.6) is 0 Å². The summed E-state index contributed by atoms with van der Waals surface area (Å²) in [4.78, 5) is 4.14. The molecule has 0 spiro atoms. The van der Waals surface area contributed by atoms with Crippen LogP contribution in [0.15, 0.2) is 53.8 Å². The van der Waals surface area contributed by atoms with Crippen LogP contribution in [0.3, 0.4) is 0 Å². The molecule has 3 nitrogen and oxygen atoms in total. The fourth-order valence-electron chi connectivity index (χ4n) is 1.49. The highest BCUT2D eigenvalue weighted by Gasteiger charge is 2.02. The van der Waals surface area contributed by atoms with Crippen LogP contribution in [0, 0.1) is 0 Å². The fourth-order valence-corrected chi connectivity index (χ4v) is 1.49. The molecule has 0 unspecified atom stereocenters. The molecule has 0 radical (unpaired) electrons. The summed E-state index contributed by atoms with van der Waals surface area (Å²) in [6.45, 7) is 1.72. The van der Waals surface area contributed by atoms with E-state index < -0.39 is 0 Å². The Morgan fingerprint density at radius 3 is 2.56 bits per heavy atom. The molecule has 16 heavy (non-hydrogen) atoms. The molecule has 2 aromatic rings. The molecule has 0 fully saturated rings. The van der Waals surface area contributed by atoms with Gasteiger partial charge in [-0.25, -0.2) is 0 Å². The second-order valence-electron chi connectivity index (χ2n) is 3.48. The third kappa shape index (κ3) is 2.08. The molecule has 0 aliphatic carbocycles. The van der Waals surface area contributed by atoms with Crippen molar-refractivity contribution in [3.05, 3.63) is 54.4 Å². The van der Waals surface area contributed by atoms with Crippen molar-refractivity contribution < 1.29 is 5.21 Å². The third-order valence-electron chi connectivity index (χ3n) is 2.39. The summed E-state index contributed by atoms with van der Waals surface area (Å²) in [6.07, 6.45) is 1.71. The zero-order valence-corrected chi connectivity index (χ0v) is 8.96. The van der Waals surface area contributed by atoms with Crippen LogP contribution in [-0.2, 0) is 0 Å². The maximum atomic E-state index is 8.70. The van der Waals surface area contributed by atoms with E-state index in [9.17, 15) is 0 Å². The SMILES string of the molecule is C/C(=N/O)c1cc(-c2ccccc2)ccn1. The van der Waals surface area contributed by atoms with Crippen molar-refractivity contribution in [2.45, 2.75) is 6.92 Å². The third-order valence-corrected chi connectivity index (χ3v) is 2.39. The highest BCUT2D eigenvalue weighted by molar-refractivity contribution is 5.97. The highest BCUT2D eigenvalue weighted by Crippen LogP contribution is 2.18. The van der Waals surface area contributed by atoms with Gasteiger partial charge >= 0.3 is 0 Å². The van der Waals surface area contributed by atoms with Gasteiger partial charge in [-0.05, 0) is 30.2 Å². The van der Waals surface area contributed by atoms with Gasteiger partial charge in [0.2, 0.25) is 0 Å². The fraction of sp³-hybridized carbons (Fsp3) is 0.0769. The van der Waals surface area contributed by atoms with Crippen molar-refractivity contribution >= 4 is 5.71 Å². The summed E-state index contributed by atoms with van der Waals surface area (Å²) in [5.74, 6) is 0. The molecule has 0 aliphatic rings. The molecular formula is C13H12N2O. The van der Waals surface area contributed by atoms with Gasteiger partial charge in [0.25, 0.3) is 0 Å². The molecule has 80 valence electrons. The molecule has 0 aliphatic heterocycles. The maximum Gasteiger partial charge on any atom is 0.102 e. The standard InChI is InChI=1S/C13H12N2O/c1-10(15-16)13-9-12(7-8-14-13)11-5-3-2-4-6-11/h2-9,16H,1H3/b15-10-. The minimum atomic E-state index is 0.512. The normalized spacial score (nSPS) is 11.4. The summed E-state index contributed by atoms with van der Waals surface area (Å²) in [6, 6.07) is 13.9. The molecule has 1 aromatic heterocycles. The number of aromatic nitrogens is 1. The molecule has 0 saturated heterocycles. The molecule has 3 heteroatoms. The van der Waals surface area contributed by atoms with Crippen LogP contribution in [0.4, 0.5) is 0 Å². The lowest BCUT2D eigenvalue weighted by molar-refractivity contribution is 0.319. The Morgan fingerprint density at radius 1 is 1.12 bits per heavy atom.